The lowest BCUT2D eigenvalue weighted by Gasteiger charge is -2.57. The molecule has 2 N–H and O–H groups in total. The Bertz CT molecular complexity index is 697. The summed E-state index contributed by atoms with van der Waals surface area (Å²) in [6.45, 7) is 7.01. The quantitative estimate of drug-likeness (QED) is 0.812. The van der Waals surface area contributed by atoms with Crippen LogP contribution in [-0.2, 0) is 15.8 Å². The second-order valence-corrected chi connectivity index (χ2v) is 9.61. The largest absolute Gasteiger partial charge is 0.391 e. The van der Waals surface area contributed by atoms with Crippen molar-refractivity contribution in [1.29, 1.82) is 0 Å². The number of hydrogen-bond acceptors (Lipinski definition) is 6. The van der Waals surface area contributed by atoms with Crippen LogP contribution in [0.5, 0.6) is 0 Å². The molecule has 136 valence electrons. The molecule has 0 bridgehead atoms. The number of sulfonamides is 1. The summed E-state index contributed by atoms with van der Waals surface area (Å²) in [5, 5.41) is 14.1. The molecule has 0 radical (unpaired) electrons. The Kier molecular flexibility index (Phi) is 4.53. The van der Waals surface area contributed by atoms with Gasteiger partial charge in [-0.1, -0.05) is 19.0 Å². The Hall–Kier alpha value is -0.960. The predicted octanol–water partition coefficient (Wildman–Crippen LogP) is 0.882. The van der Waals surface area contributed by atoms with Gasteiger partial charge in [0.15, 0.2) is 5.76 Å². The van der Waals surface area contributed by atoms with Gasteiger partial charge in [0.05, 0.1) is 11.8 Å². The molecule has 1 spiro atoms. The minimum absolute atomic E-state index is 0.0122. The molecule has 2 unspecified atom stereocenters. The van der Waals surface area contributed by atoms with Crippen LogP contribution in [0, 0.1) is 18.3 Å². The number of likely N-dealkylation sites (tertiary alicyclic amines) is 1. The van der Waals surface area contributed by atoms with Crippen molar-refractivity contribution in [3.8, 4) is 0 Å². The second kappa shape index (κ2) is 6.09. The molecule has 4 atom stereocenters. The molecule has 1 saturated heterocycles. The van der Waals surface area contributed by atoms with E-state index in [0.717, 1.165) is 6.54 Å². The Morgan fingerprint density at radius 1 is 1.50 bits per heavy atom. The summed E-state index contributed by atoms with van der Waals surface area (Å²) in [5.41, 5.74) is 0.663. The summed E-state index contributed by atoms with van der Waals surface area (Å²) in [6, 6.07) is 1.56. The normalized spacial score (nSPS) is 34.2. The summed E-state index contributed by atoms with van der Waals surface area (Å²) in [5.74, 6) is 0.534. The minimum Gasteiger partial charge on any atom is -0.391 e. The van der Waals surface area contributed by atoms with Gasteiger partial charge < -0.3 is 14.5 Å². The maximum atomic E-state index is 12.4. The molecule has 24 heavy (non-hydrogen) atoms. The van der Waals surface area contributed by atoms with E-state index in [-0.39, 0.29) is 11.2 Å². The number of aliphatic hydroxyl groups excluding tert-OH is 1. The Morgan fingerprint density at radius 2 is 2.21 bits per heavy atom. The van der Waals surface area contributed by atoms with Crippen LogP contribution in [0.4, 0.5) is 0 Å². The molecule has 3 rings (SSSR count). The highest BCUT2D eigenvalue weighted by Crippen LogP contribution is 2.52. The molecule has 1 aliphatic heterocycles. The number of nitrogens with zero attached hydrogens (tertiary/aromatic N) is 2. The fraction of sp³-hybridized carbons (Fsp3) is 0.812. The van der Waals surface area contributed by atoms with E-state index in [2.05, 4.69) is 35.7 Å². The highest BCUT2D eigenvalue weighted by Gasteiger charge is 2.58. The van der Waals surface area contributed by atoms with E-state index < -0.39 is 22.2 Å². The van der Waals surface area contributed by atoms with Crippen LogP contribution < -0.4 is 4.72 Å². The van der Waals surface area contributed by atoms with E-state index in [9.17, 15) is 13.5 Å². The fourth-order valence-electron chi connectivity index (χ4n) is 4.91. The molecule has 1 aromatic heterocycles. The third-order valence-corrected chi connectivity index (χ3v) is 6.67. The number of aromatic nitrogens is 1. The maximum Gasteiger partial charge on any atom is 0.219 e. The van der Waals surface area contributed by atoms with Crippen LogP contribution in [-0.4, -0.2) is 55.4 Å². The lowest BCUT2D eigenvalue weighted by Crippen LogP contribution is -2.64. The van der Waals surface area contributed by atoms with Gasteiger partial charge in [0, 0.05) is 30.1 Å². The van der Waals surface area contributed by atoms with Crippen LogP contribution >= 0.6 is 0 Å². The average molecular weight is 357 g/mol. The molecule has 0 aromatic carbocycles. The Balaban J connectivity index is 1.67. The first-order chi connectivity index (χ1) is 11.1. The van der Waals surface area contributed by atoms with Gasteiger partial charge in [-0.3, -0.25) is 0 Å². The third-order valence-electron chi connectivity index (χ3n) is 5.34. The monoisotopic (exact) mass is 357 g/mol. The lowest BCUT2D eigenvalue weighted by molar-refractivity contribution is -0.0827. The van der Waals surface area contributed by atoms with Gasteiger partial charge in [-0.15, -0.1) is 0 Å². The molecule has 2 aliphatic rings. The van der Waals surface area contributed by atoms with Crippen molar-refractivity contribution in [3.05, 3.63) is 17.5 Å². The molecular formula is C16H27N3O4S. The predicted molar refractivity (Wildman–Crippen MR) is 89.7 cm³/mol. The number of aryl methyl sites for hydroxylation is 1. The van der Waals surface area contributed by atoms with Crippen molar-refractivity contribution < 1.29 is 18.0 Å². The van der Waals surface area contributed by atoms with Crippen LogP contribution in [0.1, 0.15) is 38.1 Å². The third kappa shape index (κ3) is 3.24. The molecule has 2 fully saturated rings. The molecule has 2 heterocycles. The first-order valence-electron chi connectivity index (χ1n) is 8.42. The maximum absolute atomic E-state index is 12.4. The van der Waals surface area contributed by atoms with E-state index >= 15 is 0 Å². The van der Waals surface area contributed by atoms with Crippen molar-refractivity contribution in [2.24, 2.45) is 11.3 Å². The van der Waals surface area contributed by atoms with E-state index in [1.54, 1.807) is 13.0 Å². The molecule has 1 aromatic rings. The van der Waals surface area contributed by atoms with Gasteiger partial charge in [0.2, 0.25) is 10.0 Å². The van der Waals surface area contributed by atoms with Gasteiger partial charge in [-0.05, 0) is 32.7 Å². The van der Waals surface area contributed by atoms with Gasteiger partial charge in [0.25, 0.3) is 0 Å². The first kappa shape index (κ1) is 17.8. The summed E-state index contributed by atoms with van der Waals surface area (Å²) in [7, 11) is -1.49. The van der Waals surface area contributed by atoms with Crippen molar-refractivity contribution in [1.82, 2.24) is 14.8 Å². The Morgan fingerprint density at radius 3 is 2.75 bits per heavy atom. The smallest absolute Gasteiger partial charge is 0.219 e. The first-order valence-corrected chi connectivity index (χ1v) is 10.1. The highest BCUT2D eigenvalue weighted by atomic mass is 32.2. The van der Waals surface area contributed by atoms with Crippen molar-refractivity contribution >= 4 is 10.0 Å². The van der Waals surface area contributed by atoms with Crippen LogP contribution in [0.15, 0.2) is 10.6 Å². The number of hydrogen-bond donors (Lipinski definition) is 2. The second-order valence-electron chi connectivity index (χ2n) is 7.86. The zero-order valence-corrected chi connectivity index (χ0v) is 15.5. The van der Waals surface area contributed by atoms with Crippen molar-refractivity contribution in [2.75, 3.05) is 13.6 Å². The van der Waals surface area contributed by atoms with Crippen molar-refractivity contribution in [3.63, 3.8) is 0 Å². The number of aliphatic hydroxyl groups is 1. The van der Waals surface area contributed by atoms with Crippen LogP contribution in [0.25, 0.3) is 0 Å². The molecular weight excluding hydrogens is 330 g/mol. The Labute approximate surface area is 143 Å². The number of nitrogens with one attached hydrogen (secondary N) is 1. The van der Waals surface area contributed by atoms with Gasteiger partial charge in [-0.2, -0.15) is 0 Å². The van der Waals surface area contributed by atoms with E-state index in [4.69, 9.17) is 4.52 Å². The number of rotatable bonds is 5. The molecule has 0 amide bonds. The topological polar surface area (TPSA) is 95.7 Å². The highest BCUT2D eigenvalue weighted by molar-refractivity contribution is 7.88. The summed E-state index contributed by atoms with van der Waals surface area (Å²) in [4.78, 5) is 2.30. The molecule has 1 saturated carbocycles. The van der Waals surface area contributed by atoms with E-state index in [0.29, 0.717) is 36.3 Å². The average Bonchev–Trinajstić information content (AvgIpc) is 2.93. The van der Waals surface area contributed by atoms with Gasteiger partial charge >= 0.3 is 0 Å². The summed E-state index contributed by atoms with van der Waals surface area (Å²) in [6.07, 6.45) is 0.677. The fourth-order valence-corrected chi connectivity index (χ4v) is 6.21. The van der Waals surface area contributed by atoms with Crippen LogP contribution in [0.3, 0.4) is 0 Å². The summed E-state index contributed by atoms with van der Waals surface area (Å²) >= 11 is 0. The van der Waals surface area contributed by atoms with Gasteiger partial charge in [-0.25, -0.2) is 13.1 Å². The lowest BCUT2D eigenvalue weighted by atomic mass is 9.66. The standard InChI is InChI=1S/C16H27N3O4S/c1-10(2)15-16(9-19(15)4)6-13(14(20)7-16)18-24(21,22)8-12-5-11(3)17-23-12/h5,10,13-15,18,20H,6-9H2,1-4H3/t13-,14-,15?,16?/m1/s1. The molecule has 7 nitrogen and oxygen atoms in total. The van der Waals surface area contributed by atoms with E-state index in [1.807, 2.05) is 0 Å². The van der Waals surface area contributed by atoms with Crippen LogP contribution in [0.2, 0.25) is 0 Å². The zero-order chi connectivity index (χ0) is 17.7. The van der Waals surface area contributed by atoms with Gasteiger partial charge in [0.1, 0.15) is 5.75 Å². The summed E-state index contributed by atoms with van der Waals surface area (Å²) < 4.78 is 32.4. The molecule has 8 heteroatoms. The minimum atomic E-state index is -3.58. The zero-order valence-electron chi connectivity index (χ0n) is 14.7. The SMILES string of the molecule is Cc1cc(CS(=O)(=O)N[C@@H]2CC3(C[C@H]2O)CN(C)C3C(C)C)on1. The molecule has 1 aliphatic carbocycles. The van der Waals surface area contributed by atoms with E-state index in [1.165, 1.54) is 0 Å². The van der Waals surface area contributed by atoms with Crippen molar-refractivity contribution in [2.45, 2.75) is 57.6 Å².